The zero-order valence-corrected chi connectivity index (χ0v) is 25.3. The molecule has 0 unspecified atom stereocenters. The summed E-state index contributed by atoms with van der Waals surface area (Å²) in [7, 11) is 4.24. The van der Waals surface area contributed by atoms with Crippen LogP contribution < -0.4 is 0 Å². The van der Waals surface area contributed by atoms with Crippen LogP contribution in [-0.4, -0.2) is 10.5 Å². The van der Waals surface area contributed by atoms with Crippen LogP contribution in [-0.2, 0) is 40.0 Å². The van der Waals surface area contributed by atoms with Crippen molar-refractivity contribution in [1.82, 2.24) is 10.5 Å². The van der Waals surface area contributed by atoms with Crippen molar-refractivity contribution in [3.8, 4) is 22.5 Å². The maximum absolute atomic E-state index is 3.39. The molecule has 4 rings (SSSR count). The van der Waals surface area contributed by atoms with E-state index in [0.717, 1.165) is 11.0 Å². The molecule has 7 heteroatoms. The molecule has 1 heterocycles. The fraction of sp³-hybridized carbons (Fsp3) is 0.125. The van der Waals surface area contributed by atoms with Crippen molar-refractivity contribution in [2.24, 2.45) is 14.1 Å². The zero-order chi connectivity index (χ0) is 22.4. The minimum atomic E-state index is 0.981. The van der Waals surface area contributed by atoms with Crippen molar-refractivity contribution >= 4 is 61.7 Å². The van der Waals surface area contributed by atoms with E-state index in [1.165, 1.54) is 31.9 Å². The Labute approximate surface area is 231 Å². The number of aromatic nitrogens is 2. The van der Waals surface area contributed by atoms with Gasteiger partial charge in [0.2, 0.25) is 0 Å². The predicted octanol–water partition coefficient (Wildman–Crippen LogP) is 7.73. The summed E-state index contributed by atoms with van der Waals surface area (Å²) in [5.41, 5.74) is 6.33. The maximum atomic E-state index is 3.39. The standard InChI is InChI=1S/C17H16N2.C7H6BrI2N.Pt/c1-18-13-19(2)17(15-11-7-4-8-12-15)16(18)14-9-5-3-6-10-14;8-7-3-1-6(2-4-7)5-11(9)10;/h3-12H,1-2H3;1-4H,5H2;. The summed E-state index contributed by atoms with van der Waals surface area (Å²) in [6, 6.07) is 29.5. The van der Waals surface area contributed by atoms with Gasteiger partial charge in [-0.15, -0.1) is 0 Å². The molecule has 0 aliphatic rings. The first kappa shape index (κ1) is 25.1. The second-order valence-electron chi connectivity index (χ2n) is 6.88. The quantitative estimate of drug-likeness (QED) is 0.151. The van der Waals surface area contributed by atoms with Crippen LogP contribution >= 0.6 is 61.7 Å². The minimum absolute atomic E-state index is 0.981. The average Bonchev–Trinajstić information content (AvgIpc) is 3.01. The normalized spacial score (nSPS) is 10.7. The topological polar surface area (TPSA) is 13.1 Å². The van der Waals surface area contributed by atoms with E-state index in [1.807, 2.05) is 0 Å². The molecule has 0 aliphatic heterocycles. The van der Waals surface area contributed by atoms with Crippen molar-refractivity contribution in [2.45, 2.75) is 6.54 Å². The van der Waals surface area contributed by atoms with E-state index in [4.69, 9.17) is 0 Å². The van der Waals surface area contributed by atoms with Gasteiger partial charge in [-0.3, -0.25) is 0 Å². The molecule has 0 N–H and O–H groups in total. The van der Waals surface area contributed by atoms with Gasteiger partial charge in [0, 0.05) is 56.7 Å². The third-order valence-corrected chi connectivity index (χ3v) is 7.45. The molecule has 0 fully saturated rings. The molecular formula is C24H22BrI2N3Pt. The van der Waals surface area contributed by atoms with E-state index in [9.17, 15) is 0 Å². The van der Waals surface area contributed by atoms with Crippen LogP contribution in [0.2, 0.25) is 0 Å². The summed E-state index contributed by atoms with van der Waals surface area (Å²) in [6.07, 6.45) is 0. The number of benzene rings is 3. The van der Waals surface area contributed by atoms with Crippen LogP contribution in [0.25, 0.3) is 22.5 Å². The van der Waals surface area contributed by atoms with E-state index in [1.54, 1.807) is 0 Å². The summed E-state index contributed by atoms with van der Waals surface area (Å²) in [5, 5.41) is 0. The molecule has 0 aliphatic carbocycles. The second-order valence-corrected chi connectivity index (χ2v) is 13.0. The molecule has 0 saturated heterocycles. The number of rotatable bonds is 4. The Morgan fingerprint density at radius 2 is 1.16 bits per heavy atom. The van der Waals surface area contributed by atoms with Crippen molar-refractivity contribution < 1.29 is 19.4 Å². The number of hydrogen-bond donors (Lipinski definition) is 0. The second kappa shape index (κ2) is 12.1. The summed E-state index contributed by atoms with van der Waals surface area (Å²) in [6.45, 7) is 0.981. The van der Waals surface area contributed by atoms with Gasteiger partial charge in [0.25, 0.3) is 0 Å². The Kier molecular flexibility index (Phi) is 9.77. The number of hydrogen-bond acceptors (Lipinski definition) is 1. The Bertz CT molecular complexity index is 1110. The molecular weight excluding hydrogens is 859 g/mol. The van der Waals surface area contributed by atoms with Crippen LogP contribution in [0, 0.1) is 3.80 Å². The van der Waals surface area contributed by atoms with Crippen LogP contribution in [0.5, 0.6) is 0 Å². The molecule has 164 valence electrons. The Hall–Kier alpha value is -0.542. The van der Waals surface area contributed by atoms with Crippen LogP contribution in [0.15, 0.2) is 89.4 Å². The molecule has 31 heavy (non-hydrogen) atoms. The van der Waals surface area contributed by atoms with E-state index in [-0.39, 0.29) is 0 Å². The molecule has 4 aromatic rings. The van der Waals surface area contributed by atoms with Crippen LogP contribution in [0.3, 0.4) is 0 Å². The molecule has 1 aromatic heterocycles. The zero-order valence-electron chi connectivity index (χ0n) is 17.1. The van der Waals surface area contributed by atoms with Crippen LogP contribution in [0.4, 0.5) is 0 Å². The summed E-state index contributed by atoms with van der Waals surface area (Å²) in [5.74, 6) is 0. The van der Waals surface area contributed by atoms with E-state index < -0.39 is 0 Å². The molecule has 0 amide bonds. The first-order valence-electron chi connectivity index (χ1n) is 9.54. The van der Waals surface area contributed by atoms with Gasteiger partial charge in [0.15, 0.2) is 0 Å². The molecule has 0 saturated carbocycles. The fourth-order valence-electron chi connectivity index (χ4n) is 3.29. The van der Waals surface area contributed by atoms with Gasteiger partial charge in [-0.1, -0.05) is 28.1 Å². The van der Waals surface area contributed by atoms with Gasteiger partial charge in [-0.25, -0.2) is 0 Å². The van der Waals surface area contributed by atoms with Gasteiger partial charge >= 0.3 is 130 Å². The molecule has 3 nitrogen and oxygen atoms in total. The van der Waals surface area contributed by atoms with Gasteiger partial charge in [-0.05, 0) is 17.7 Å². The van der Waals surface area contributed by atoms with Crippen LogP contribution in [0.1, 0.15) is 5.56 Å². The van der Waals surface area contributed by atoms with E-state index in [2.05, 4.69) is 190 Å². The number of halogens is 3. The van der Waals surface area contributed by atoms with E-state index >= 15 is 0 Å². The third-order valence-electron chi connectivity index (χ3n) is 4.72. The van der Waals surface area contributed by atoms with Crippen molar-refractivity contribution in [3.05, 3.63) is 98.8 Å². The molecule has 3 aromatic carbocycles. The van der Waals surface area contributed by atoms with Gasteiger partial charge in [0.05, 0.1) is 0 Å². The number of imidazole rings is 1. The van der Waals surface area contributed by atoms with Gasteiger partial charge in [-0.2, -0.15) is 1.33 Å². The molecule has 0 bridgehead atoms. The summed E-state index contributed by atoms with van der Waals surface area (Å²) >= 11 is 10.3. The third kappa shape index (κ3) is 6.73. The van der Waals surface area contributed by atoms with Crippen molar-refractivity contribution in [2.75, 3.05) is 0 Å². The van der Waals surface area contributed by atoms with Crippen molar-refractivity contribution in [1.29, 1.82) is 0 Å². The summed E-state index contributed by atoms with van der Waals surface area (Å²) < 4.78 is 8.94. The molecule has 0 radical (unpaired) electrons. The SMILES string of the molecule is Brc1ccc(CN(I)I)cc1.Cn1c(-c2ccccc2)c(-c2ccccc2)n(C)[c]1=[Pt]. The predicted molar refractivity (Wildman–Crippen MR) is 146 cm³/mol. The van der Waals surface area contributed by atoms with Crippen molar-refractivity contribution in [3.63, 3.8) is 0 Å². The Morgan fingerprint density at radius 1 is 0.742 bits per heavy atom. The van der Waals surface area contributed by atoms with E-state index in [0.29, 0.717) is 0 Å². The average molecular weight is 881 g/mol. The first-order chi connectivity index (χ1) is 14.9. The summed E-state index contributed by atoms with van der Waals surface area (Å²) in [4.78, 5) is 0. The molecule has 0 atom stereocenters. The monoisotopic (exact) mass is 880 g/mol. The number of nitrogens with zero attached hydrogens (tertiary/aromatic N) is 3. The molecule has 0 spiro atoms. The first-order valence-corrected chi connectivity index (χ1v) is 13.4. The van der Waals surface area contributed by atoms with Gasteiger partial charge in [0.1, 0.15) is 0 Å². The Morgan fingerprint density at radius 3 is 1.55 bits per heavy atom. The van der Waals surface area contributed by atoms with Gasteiger partial charge < -0.3 is 0 Å². The Balaban J connectivity index is 0.000000210. The fourth-order valence-corrected chi connectivity index (χ4v) is 4.85.